The van der Waals surface area contributed by atoms with Gasteiger partial charge in [0.15, 0.2) is 0 Å². The molecule has 19 heavy (non-hydrogen) atoms. The van der Waals surface area contributed by atoms with Crippen molar-refractivity contribution in [1.82, 2.24) is 10.2 Å². The molecule has 104 valence electrons. The van der Waals surface area contributed by atoms with Gasteiger partial charge in [0.1, 0.15) is 0 Å². The maximum Gasteiger partial charge on any atom is 0.0343 e. The summed E-state index contributed by atoms with van der Waals surface area (Å²) in [5, 5.41) is 7.07. The molecule has 1 heterocycles. The Morgan fingerprint density at radius 1 is 1.32 bits per heavy atom. The maximum absolute atomic E-state index is 3.59. The quantitative estimate of drug-likeness (QED) is 0.864. The Hall–Kier alpha value is -1.06. The number of likely N-dealkylation sites (N-methyl/N-ethyl adjacent to an activating group) is 1. The molecule has 0 aromatic heterocycles. The largest absolute Gasteiger partial charge is 0.385 e. The third-order valence-corrected chi connectivity index (χ3v) is 4.55. The molecule has 1 aliphatic heterocycles. The molecular weight excluding hydrogens is 234 g/mol. The first-order valence-corrected chi connectivity index (χ1v) is 7.59. The minimum atomic E-state index is 0.677. The van der Waals surface area contributed by atoms with E-state index in [2.05, 4.69) is 40.8 Å². The number of anilines is 1. The monoisotopic (exact) mass is 259 g/mol. The van der Waals surface area contributed by atoms with Crippen LogP contribution in [0, 0.1) is 0 Å². The van der Waals surface area contributed by atoms with E-state index in [0.717, 1.165) is 19.6 Å². The van der Waals surface area contributed by atoms with Gasteiger partial charge in [0, 0.05) is 37.9 Å². The van der Waals surface area contributed by atoms with Crippen LogP contribution in [0.25, 0.3) is 0 Å². The van der Waals surface area contributed by atoms with Gasteiger partial charge in [0.05, 0.1) is 0 Å². The maximum atomic E-state index is 3.59. The first kappa shape index (κ1) is 12.9. The third-order valence-electron chi connectivity index (χ3n) is 4.55. The third kappa shape index (κ3) is 3.10. The van der Waals surface area contributed by atoms with Gasteiger partial charge >= 0.3 is 0 Å². The Kier molecular flexibility index (Phi) is 4.04. The highest BCUT2D eigenvalue weighted by Crippen LogP contribution is 2.24. The molecule has 1 aromatic rings. The second-order valence-electron chi connectivity index (χ2n) is 5.89. The van der Waals surface area contributed by atoms with Gasteiger partial charge in [-0.2, -0.15) is 0 Å². The molecule has 0 radical (unpaired) electrons. The standard InChI is InChI=1S/C16H25N3/c1-19-10-9-17-12-16(19)7-8-18-15-6-5-13-3-2-4-14(13)11-15/h5-6,11,16-18H,2-4,7-10,12H2,1H3. The Labute approximate surface area is 116 Å². The Balaban J connectivity index is 1.49. The normalized spacial score (nSPS) is 23.3. The summed E-state index contributed by atoms with van der Waals surface area (Å²) in [5.41, 5.74) is 4.41. The van der Waals surface area contributed by atoms with Crippen LogP contribution in [0.3, 0.4) is 0 Å². The smallest absolute Gasteiger partial charge is 0.0343 e. The first-order chi connectivity index (χ1) is 9.33. The summed E-state index contributed by atoms with van der Waals surface area (Å²) in [7, 11) is 2.24. The molecule has 0 amide bonds. The number of piperazine rings is 1. The highest BCUT2D eigenvalue weighted by molar-refractivity contribution is 5.50. The van der Waals surface area contributed by atoms with Crippen LogP contribution in [-0.2, 0) is 12.8 Å². The van der Waals surface area contributed by atoms with Gasteiger partial charge in [0.2, 0.25) is 0 Å². The molecule has 3 nitrogen and oxygen atoms in total. The lowest BCUT2D eigenvalue weighted by Crippen LogP contribution is -2.49. The first-order valence-electron chi connectivity index (χ1n) is 7.59. The van der Waals surface area contributed by atoms with Crippen molar-refractivity contribution in [2.45, 2.75) is 31.7 Å². The topological polar surface area (TPSA) is 27.3 Å². The van der Waals surface area contributed by atoms with Crippen LogP contribution in [0.1, 0.15) is 24.0 Å². The number of fused-ring (bicyclic) bond motifs is 1. The lowest BCUT2D eigenvalue weighted by Gasteiger charge is -2.33. The number of nitrogens with zero attached hydrogens (tertiary/aromatic N) is 1. The molecule has 1 saturated heterocycles. The lowest BCUT2D eigenvalue weighted by atomic mass is 10.1. The van der Waals surface area contributed by atoms with E-state index in [9.17, 15) is 0 Å². The fourth-order valence-electron chi connectivity index (χ4n) is 3.25. The number of benzene rings is 1. The van der Waals surface area contributed by atoms with E-state index in [1.165, 1.54) is 37.9 Å². The van der Waals surface area contributed by atoms with Crippen molar-refractivity contribution in [3.05, 3.63) is 29.3 Å². The molecule has 2 N–H and O–H groups in total. The van der Waals surface area contributed by atoms with Gasteiger partial charge in [-0.15, -0.1) is 0 Å². The molecule has 2 aliphatic rings. The van der Waals surface area contributed by atoms with Gasteiger partial charge in [-0.25, -0.2) is 0 Å². The van der Waals surface area contributed by atoms with Crippen molar-refractivity contribution in [2.75, 3.05) is 38.5 Å². The van der Waals surface area contributed by atoms with Gasteiger partial charge in [-0.1, -0.05) is 6.07 Å². The molecular formula is C16H25N3. The summed E-state index contributed by atoms with van der Waals surface area (Å²) >= 11 is 0. The van der Waals surface area contributed by atoms with Crippen molar-refractivity contribution in [3.8, 4) is 0 Å². The summed E-state index contributed by atoms with van der Waals surface area (Å²) in [6.45, 7) is 4.49. The second-order valence-corrected chi connectivity index (χ2v) is 5.89. The molecule has 1 unspecified atom stereocenters. The van der Waals surface area contributed by atoms with Crippen LogP contribution in [0.5, 0.6) is 0 Å². The van der Waals surface area contributed by atoms with Crippen molar-refractivity contribution in [2.24, 2.45) is 0 Å². The predicted molar refractivity (Wildman–Crippen MR) is 80.9 cm³/mol. The van der Waals surface area contributed by atoms with E-state index >= 15 is 0 Å². The van der Waals surface area contributed by atoms with Crippen LogP contribution in [0.2, 0.25) is 0 Å². The molecule has 0 saturated carbocycles. The van der Waals surface area contributed by atoms with Crippen molar-refractivity contribution >= 4 is 5.69 Å². The van der Waals surface area contributed by atoms with Gasteiger partial charge < -0.3 is 15.5 Å². The number of hydrogen-bond donors (Lipinski definition) is 2. The van der Waals surface area contributed by atoms with Crippen molar-refractivity contribution in [3.63, 3.8) is 0 Å². The number of aryl methyl sites for hydroxylation is 2. The average molecular weight is 259 g/mol. The highest BCUT2D eigenvalue weighted by Gasteiger charge is 2.17. The summed E-state index contributed by atoms with van der Waals surface area (Å²) in [6.07, 6.45) is 5.08. The second kappa shape index (κ2) is 5.93. The number of rotatable bonds is 4. The molecule has 0 bridgehead atoms. The predicted octanol–water partition coefficient (Wildman–Crippen LogP) is 1.88. The fourth-order valence-corrected chi connectivity index (χ4v) is 3.25. The zero-order valence-electron chi connectivity index (χ0n) is 11.9. The fraction of sp³-hybridized carbons (Fsp3) is 0.625. The zero-order chi connectivity index (χ0) is 13.1. The van der Waals surface area contributed by atoms with E-state index in [0.29, 0.717) is 6.04 Å². The Morgan fingerprint density at radius 2 is 2.21 bits per heavy atom. The highest BCUT2D eigenvalue weighted by atomic mass is 15.2. The number of hydrogen-bond acceptors (Lipinski definition) is 3. The van der Waals surface area contributed by atoms with Crippen LogP contribution in [0.4, 0.5) is 5.69 Å². The SMILES string of the molecule is CN1CCNCC1CCNc1ccc2c(c1)CCC2. The molecule has 1 fully saturated rings. The Bertz CT molecular complexity index is 430. The van der Waals surface area contributed by atoms with E-state index in [1.54, 1.807) is 11.1 Å². The van der Waals surface area contributed by atoms with Crippen molar-refractivity contribution in [1.29, 1.82) is 0 Å². The summed E-state index contributed by atoms with van der Waals surface area (Å²) < 4.78 is 0. The van der Waals surface area contributed by atoms with Gasteiger partial charge in [-0.3, -0.25) is 0 Å². The molecule has 1 atom stereocenters. The average Bonchev–Trinajstić information content (AvgIpc) is 2.88. The molecule has 3 rings (SSSR count). The van der Waals surface area contributed by atoms with Gasteiger partial charge in [0.25, 0.3) is 0 Å². The summed E-state index contributed by atoms with van der Waals surface area (Å²) in [4.78, 5) is 2.47. The lowest BCUT2D eigenvalue weighted by molar-refractivity contribution is 0.194. The van der Waals surface area contributed by atoms with E-state index < -0.39 is 0 Å². The zero-order valence-corrected chi connectivity index (χ0v) is 11.9. The van der Waals surface area contributed by atoms with E-state index in [-0.39, 0.29) is 0 Å². The molecule has 1 aliphatic carbocycles. The minimum Gasteiger partial charge on any atom is -0.385 e. The molecule has 0 spiro atoms. The minimum absolute atomic E-state index is 0.677. The van der Waals surface area contributed by atoms with Crippen molar-refractivity contribution < 1.29 is 0 Å². The van der Waals surface area contributed by atoms with Crippen LogP contribution in [-0.4, -0.2) is 44.2 Å². The van der Waals surface area contributed by atoms with E-state index in [4.69, 9.17) is 0 Å². The molecule has 3 heteroatoms. The van der Waals surface area contributed by atoms with Crippen LogP contribution in [0.15, 0.2) is 18.2 Å². The number of nitrogens with one attached hydrogen (secondary N) is 2. The van der Waals surface area contributed by atoms with E-state index in [1.807, 2.05) is 0 Å². The summed E-state index contributed by atoms with van der Waals surface area (Å²) in [5.74, 6) is 0. The molecule has 1 aromatic carbocycles. The Morgan fingerprint density at radius 3 is 3.11 bits per heavy atom. The summed E-state index contributed by atoms with van der Waals surface area (Å²) in [6, 6.07) is 7.58. The van der Waals surface area contributed by atoms with Crippen LogP contribution < -0.4 is 10.6 Å². The van der Waals surface area contributed by atoms with Crippen LogP contribution >= 0.6 is 0 Å². The van der Waals surface area contributed by atoms with Gasteiger partial charge in [-0.05, 0) is 56.0 Å².